The van der Waals surface area contributed by atoms with E-state index in [1.165, 1.54) is 7.11 Å². The van der Waals surface area contributed by atoms with Crippen LogP contribution in [0, 0.1) is 12.3 Å². The van der Waals surface area contributed by atoms with E-state index in [0.717, 1.165) is 27.7 Å². The predicted octanol–water partition coefficient (Wildman–Crippen LogP) is 2.42. The highest BCUT2D eigenvalue weighted by molar-refractivity contribution is 5.95. The van der Waals surface area contributed by atoms with E-state index in [-0.39, 0.29) is 6.61 Å². The standard InChI is InChI=1S/C23H20N2O4/c1-3-20(27)25-16(13-26)12-18-17-6-4-5-7-19(17)24-21(18)22(25)14-8-10-15(11-9-14)23(28)29-2/h1,4-11,16,22,24,26H,12-13H2,2H3/t16-,22?/m1/s1. The summed E-state index contributed by atoms with van der Waals surface area (Å²) in [6.07, 6.45) is 5.94. The van der Waals surface area contributed by atoms with Gasteiger partial charge in [0.2, 0.25) is 0 Å². The predicted molar refractivity (Wildman–Crippen MR) is 108 cm³/mol. The highest BCUT2D eigenvalue weighted by Gasteiger charge is 2.39. The van der Waals surface area contributed by atoms with Gasteiger partial charge in [-0.2, -0.15) is 0 Å². The van der Waals surface area contributed by atoms with Crippen LogP contribution in [0.4, 0.5) is 0 Å². The fourth-order valence-electron chi connectivity index (χ4n) is 4.11. The van der Waals surface area contributed by atoms with Crippen molar-refractivity contribution in [1.82, 2.24) is 9.88 Å². The van der Waals surface area contributed by atoms with Crippen molar-refractivity contribution in [1.29, 1.82) is 0 Å². The summed E-state index contributed by atoms with van der Waals surface area (Å²) in [5.74, 6) is 1.27. The molecule has 1 unspecified atom stereocenters. The summed E-state index contributed by atoms with van der Waals surface area (Å²) in [5, 5.41) is 11.1. The Morgan fingerprint density at radius 3 is 2.62 bits per heavy atom. The van der Waals surface area contributed by atoms with Gasteiger partial charge in [-0.15, -0.1) is 6.42 Å². The maximum absolute atomic E-state index is 12.7. The minimum absolute atomic E-state index is 0.205. The second-order valence-electron chi connectivity index (χ2n) is 6.98. The quantitative estimate of drug-likeness (QED) is 0.533. The Kier molecular flexibility index (Phi) is 4.83. The normalized spacial score (nSPS) is 18.2. The van der Waals surface area contributed by atoms with Crippen molar-refractivity contribution in [3.8, 4) is 12.3 Å². The number of carbonyl (C=O) groups is 2. The van der Waals surface area contributed by atoms with Crippen molar-refractivity contribution in [2.24, 2.45) is 0 Å². The Balaban J connectivity index is 1.91. The number of nitrogens with one attached hydrogen (secondary N) is 1. The van der Waals surface area contributed by atoms with Crippen LogP contribution < -0.4 is 0 Å². The van der Waals surface area contributed by atoms with Crippen molar-refractivity contribution in [3.05, 3.63) is 70.9 Å². The average Bonchev–Trinajstić information content (AvgIpc) is 3.15. The molecule has 0 saturated heterocycles. The molecule has 4 rings (SSSR count). The molecular weight excluding hydrogens is 368 g/mol. The smallest absolute Gasteiger partial charge is 0.337 e. The molecule has 2 heterocycles. The van der Waals surface area contributed by atoms with Gasteiger partial charge in [-0.25, -0.2) is 4.79 Å². The van der Waals surface area contributed by atoms with Gasteiger partial charge in [-0.1, -0.05) is 30.3 Å². The molecule has 6 heteroatoms. The van der Waals surface area contributed by atoms with Crippen molar-refractivity contribution in [2.45, 2.75) is 18.5 Å². The van der Waals surface area contributed by atoms with E-state index in [1.807, 2.05) is 24.3 Å². The number of para-hydroxylation sites is 1. The summed E-state index contributed by atoms with van der Waals surface area (Å²) >= 11 is 0. The molecule has 1 aliphatic rings. The zero-order valence-electron chi connectivity index (χ0n) is 15.9. The van der Waals surface area contributed by atoms with Crippen LogP contribution >= 0.6 is 0 Å². The molecule has 0 radical (unpaired) electrons. The first kappa shape index (κ1) is 18.8. The molecule has 2 N–H and O–H groups in total. The van der Waals surface area contributed by atoms with Gasteiger partial charge in [0.15, 0.2) is 0 Å². The molecular formula is C23H20N2O4. The molecule has 1 amide bonds. The number of aromatic nitrogens is 1. The Morgan fingerprint density at radius 2 is 1.97 bits per heavy atom. The molecule has 146 valence electrons. The Bertz CT molecular complexity index is 1120. The number of nitrogens with zero attached hydrogens (tertiary/aromatic N) is 1. The van der Waals surface area contributed by atoms with Crippen molar-refractivity contribution in [3.63, 3.8) is 0 Å². The molecule has 0 bridgehead atoms. The van der Waals surface area contributed by atoms with E-state index in [1.54, 1.807) is 29.2 Å². The number of terminal acetylenes is 1. The molecule has 1 aromatic heterocycles. The maximum Gasteiger partial charge on any atom is 0.337 e. The van der Waals surface area contributed by atoms with Gasteiger partial charge >= 0.3 is 5.97 Å². The summed E-state index contributed by atoms with van der Waals surface area (Å²) < 4.78 is 4.76. The molecule has 3 aromatic rings. The van der Waals surface area contributed by atoms with Crippen LogP contribution in [0.1, 0.15) is 33.2 Å². The lowest BCUT2D eigenvalue weighted by Crippen LogP contribution is -2.49. The monoisotopic (exact) mass is 388 g/mol. The molecule has 2 atom stereocenters. The minimum Gasteiger partial charge on any atom is -0.465 e. The summed E-state index contributed by atoms with van der Waals surface area (Å²) in [6.45, 7) is -0.205. The lowest BCUT2D eigenvalue weighted by atomic mass is 9.88. The van der Waals surface area contributed by atoms with Gasteiger partial charge in [0, 0.05) is 16.6 Å². The molecule has 0 aliphatic carbocycles. The Hall–Kier alpha value is -3.56. The summed E-state index contributed by atoms with van der Waals surface area (Å²) in [6, 6.07) is 13.8. The number of esters is 1. The highest BCUT2D eigenvalue weighted by atomic mass is 16.5. The number of aliphatic hydroxyl groups excluding tert-OH is 1. The topological polar surface area (TPSA) is 82.6 Å². The number of aliphatic hydroxyl groups is 1. The van der Waals surface area contributed by atoms with E-state index < -0.39 is 24.0 Å². The maximum atomic E-state index is 12.7. The SMILES string of the molecule is C#CC(=O)N1C(c2ccc(C(=O)OC)cc2)c2[nH]c3ccccc3c2C[C@@H]1CO. The van der Waals surface area contributed by atoms with Crippen LogP contribution in [-0.4, -0.2) is 46.6 Å². The number of H-pyrrole nitrogens is 1. The molecule has 0 fully saturated rings. The summed E-state index contributed by atoms with van der Waals surface area (Å²) in [4.78, 5) is 29.4. The number of methoxy groups -OCH3 is 1. The zero-order chi connectivity index (χ0) is 20.5. The second kappa shape index (κ2) is 7.46. The second-order valence-corrected chi connectivity index (χ2v) is 6.98. The minimum atomic E-state index is -0.501. The average molecular weight is 388 g/mol. The zero-order valence-corrected chi connectivity index (χ0v) is 15.9. The van der Waals surface area contributed by atoms with Gasteiger partial charge in [-0.3, -0.25) is 4.79 Å². The van der Waals surface area contributed by atoms with Gasteiger partial charge in [0.1, 0.15) is 0 Å². The van der Waals surface area contributed by atoms with E-state index in [2.05, 4.69) is 10.9 Å². The van der Waals surface area contributed by atoms with E-state index >= 15 is 0 Å². The number of hydrogen-bond acceptors (Lipinski definition) is 4. The number of amides is 1. The summed E-state index contributed by atoms with van der Waals surface area (Å²) in [5.41, 5.74) is 4.08. The molecule has 0 saturated carbocycles. The van der Waals surface area contributed by atoms with Crippen molar-refractivity contribution in [2.75, 3.05) is 13.7 Å². The van der Waals surface area contributed by atoms with Crippen LogP contribution in [0.15, 0.2) is 48.5 Å². The highest BCUT2D eigenvalue weighted by Crippen LogP contribution is 2.40. The van der Waals surface area contributed by atoms with Gasteiger partial charge in [-0.05, 0) is 41.7 Å². The molecule has 1 aliphatic heterocycles. The van der Waals surface area contributed by atoms with Crippen LogP contribution in [-0.2, 0) is 16.0 Å². The van der Waals surface area contributed by atoms with Crippen LogP contribution in [0.2, 0.25) is 0 Å². The van der Waals surface area contributed by atoms with Crippen LogP contribution in [0.5, 0.6) is 0 Å². The molecule has 2 aromatic carbocycles. The number of fused-ring (bicyclic) bond motifs is 3. The van der Waals surface area contributed by atoms with Gasteiger partial charge in [0.25, 0.3) is 5.91 Å². The van der Waals surface area contributed by atoms with Crippen molar-refractivity contribution < 1.29 is 19.4 Å². The van der Waals surface area contributed by atoms with E-state index in [9.17, 15) is 14.7 Å². The first-order valence-corrected chi connectivity index (χ1v) is 9.26. The van der Waals surface area contributed by atoms with Crippen LogP contribution in [0.25, 0.3) is 10.9 Å². The van der Waals surface area contributed by atoms with E-state index in [4.69, 9.17) is 11.2 Å². The number of benzene rings is 2. The van der Waals surface area contributed by atoms with Crippen LogP contribution in [0.3, 0.4) is 0 Å². The largest absolute Gasteiger partial charge is 0.465 e. The third-order valence-corrected chi connectivity index (χ3v) is 5.45. The van der Waals surface area contributed by atoms with E-state index in [0.29, 0.717) is 12.0 Å². The first-order chi connectivity index (χ1) is 14.1. The summed E-state index contributed by atoms with van der Waals surface area (Å²) in [7, 11) is 1.33. The third kappa shape index (κ3) is 3.06. The number of hydrogen-bond donors (Lipinski definition) is 2. The Labute approximate surface area is 168 Å². The third-order valence-electron chi connectivity index (χ3n) is 5.45. The van der Waals surface area contributed by atoms with Gasteiger partial charge < -0.3 is 19.7 Å². The number of ether oxygens (including phenoxy) is 1. The van der Waals surface area contributed by atoms with Gasteiger partial charge in [0.05, 0.1) is 31.4 Å². The lowest BCUT2D eigenvalue weighted by Gasteiger charge is -2.40. The molecule has 0 spiro atoms. The number of rotatable bonds is 3. The Morgan fingerprint density at radius 1 is 1.24 bits per heavy atom. The number of carbonyl (C=O) groups excluding carboxylic acids is 2. The van der Waals surface area contributed by atoms with Crippen molar-refractivity contribution >= 4 is 22.8 Å². The lowest BCUT2D eigenvalue weighted by molar-refractivity contribution is -0.131. The fraction of sp³-hybridized carbons (Fsp3) is 0.217. The fourth-order valence-corrected chi connectivity index (χ4v) is 4.11. The first-order valence-electron chi connectivity index (χ1n) is 9.26. The molecule has 29 heavy (non-hydrogen) atoms. The number of aromatic amines is 1. The molecule has 6 nitrogen and oxygen atoms in total.